The number of aromatic nitrogens is 2. The lowest BCUT2D eigenvalue weighted by molar-refractivity contribution is 0.419. The van der Waals surface area contributed by atoms with Gasteiger partial charge in [0.1, 0.15) is 0 Å². The van der Waals surface area contributed by atoms with Crippen molar-refractivity contribution in [2.24, 2.45) is 0 Å². The van der Waals surface area contributed by atoms with Crippen LogP contribution in [0.15, 0.2) is 35.2 Å². The van der Waals surface area contributed by atoms with Gasteiger partial charge in [-0.15, -0.1) is 0 Å². The highest BCUT2D eigenvalue weighted by molar-refractivity contribution is 5.54. The largest absolute Gasteiger partial charge is 0.342 e. The zero-order chi connectivity index (χ0) is 12.8. The first kappa shape index (κ1) is 12.8. The molecular weight excluding hydrogens is 226 g/mol. The molecule has 0 fully saturated rings. The van der Waals surface area contributed by atoms with Gasteiger partial charge < -0.3 is 9.84 Å². The molecule has 0 saturated heterocycles. The highest BCUT2D eigenvalue weighted by Crippen LogP contribution is 2.15. The van der Waals surface area contributed by atoms with Crippen molar-refractivity contribution >= 4 is 0 Å². The van der Waals surface area contributed by atoms with Crippen molar-refractivity contribution in [2.75, 3.05) is 0 Å². The molecular formula is C14H19N3O. The second-order valence-electron chi connectivity index (χ2n) is 4.52. The summed E-state index contributed by atoms with van der Waals surface area (Å²) in [5.74, 6) is 0.633. The minimum atomic E-state index is 0.562. The summed E-state index contributed by atoms with van der Waals surface area (Å²) in [5, 5.41) is 7.32. The lowest BCUT2D eigenvalue weighted by Gasteiger charge is -2.12. The lowest BCUT2D eigenvalue weighted by atomic mass is 10.1. The molecule has 0 radical (unpaired) electrons. The van der Waals surface area contributed by atoms with Crippen LogP contribution < -0.4 is 5.32 Å². The highest BCUT2D eigenvalue weighted by atomic mass is 16.5. The number of hydrogen-bond donors (Lipinski definition) is 1. The van der Waals surface area contributed by atoms with Crippen LogP contribution in [0.2, 0.25) is 0 Å². The Morgan fingerprint density at radius 1 is 1.28 bits per heavy atom. The Morgan fingerprint density at radius 3 is 2.67 bits per heavy atom. The maximum atomic E-state index is 4.73. The van der Waals surface area contributed by atoms with Gasteiger partial charge in [-0.2, -0.15) is 4.98 Å². The molecule has 1 aromatic heterocycles. The molecule has 1 heterocycles. The quantitative estimate of drug-likeness (QED) is 0.850. The Bertz CT molecular complexity index is 450. The average Bonchev–Trinajstić information content (AvgIpc) is 2.91. The van der Waals surface area contributed by atoms with Gasteiger partial charge in [-0.25, -0.2) is 0 Å². The Kier molecular flexibility index (Phi) is 4.47. The molecule has 1 N–H and O–H groups in total. The van der Waals surface area contributed by atoms with E-state index in [1.54, 1.807) is 0 Å². The number of nitrogens with one attached hydrogen (secondary N) is 1. The Morgan fingerprint density at radius 2 is 2.06 bits per heavy atom. The molecule has 4 heteroatoms. The van der Waals surface area contributed by atoms with Crippen LogP contribution in [0.5, 0.6) is 0 Å². The predicted molar refractivity (Wildman–Crippen MR) is 70.9 cm³/mol. The molecule has 1 aromatic carbocycles. The van der Waals surface area contributed by atoms with Crippen molar-refractivity contribution in [3.05, 3.63) is 36.2 Å². The van der Waals surface area contributed by atoms with E-state index in [-0.39, 0.29) is 0 Å². The van der Waals surface area contributed by atoms with Crippen molar-refractivity contribution in [2.45, 2.75) is 39.3 Å². The Hall–Kier alpha value is -1.68. The van der Waals surface area contributed by atoms with E-state index < -0.39 is 0 Å². The summed E-state index contributed by atoms with van der Waals surface area (Å²) in [6.45, 7) is 5.32. The summed E-state index contributed by atoms with van der Waals surface area (Å²) in [6, 6.07) is 8.79. The minimum absolute atomic E-state index is 0.562. The van der Waals surface area contributed by atoms with E-state index >= 15 is 0 Å². The standard InChI is InChI=1S/C14H19N3O/c1-3-4-11(2)15-9-12-5-7-13(8-6-12)14-16-10-18-17-14/h5-8,10-11,15H,3-4,9H2,1-2H3/t11-/m1/s1. The third-order valence-corrected chi connectivity index (χ3v) is 2.95. The van der Waals surface area contributed by atoms with Gasteiger partial charge in [0.2, 0.25) is 12.2 Å². The highest BCUT2D eigenvalue weighted by Gasteiger charge is 2.03. The van der Waals surface area contributed by atoms with Gasteiger partial charge in [-0.3, -0.25) is 0 Å². The van der Waals surface area contributed by atoms with Crippen LogP contribution in [-0.4, -0.2) is 16.2 Å². The second kappa shape index (κ2) is 6.31. The molecule has 96 valence electrons. The van der Waals surface area contributed by atoms with Gasteiger partial charge in [-0.1, -0.05) is 42.8 Å². The van der Waals surface area contributed by atoms with Gasteiger partial charge in [0.25, 0.3) is 0 Å². The Balaban J connectivity index is 1.92. The van der Waals surface area contributed by atoms with E-state index in [1.807, 2.05) is 12.1 Å². The molecule has 2 aromatic rings. The van der Waals surface area contributed by atoms with Crippen LogP contribution in [0.3, 0.4) is 0 Å². The van der Waals surface area contributed by atoms with Gasteiger partial charge >= 0.3 is 0 Å². The summed E-state index contributed by atoms with van der Waals surface area (Å²) >= 11 is 0. The number of benzene rings is 1. The van der Waals surface area contributed by atoms with E-state index in [0.29, 0.717) is 11.9 Å². The van der Waals surface area contributed by atoms with Crippen molar-refractivity contribution in [1.82, 2.24) is 15.5 Å². The zero-order valence-corrected chi connectivity index (χ0v) is 10.9. The third kappa shape index (κ3) is 3.40. The van der Waals surface area contributed by atoms with Crippen LogP contribution in [0.4, 0.5) is 0 Å². The van der Waals surface area contributed by atoms with Crippen molar-refractivity contribution in [3.63, 3.8) is 0 Å². The fourth-order valence-electron chi connectivity index (χ4n) is 1.90. The summed E-state index contributed by atoms with van der Waals surface area (Å²) in [6.07, 6.45) is 3.77. The molecule has 0 aliphatic rings. The summed E-state index contributed by atoms with van der Waals surface area (Å²) in [4.78, 5) is 4.02. The molecule has 0 unspecified atom stereocenters. The lowest BCUT2D eigenvalue weighted by Crippen LogP contribution is -2.24. The van der Waals surface area contributed by atoms with E-state index in [0.717, 1.165) is 12.1 Å². The number of hydrogen-bond acceptors (Lipinski definition) is 4. The van der Waals surface area contributed by atoms with Crippen molar-refractivity contribution in [3.8, 4) is 11.4 Å². The molecule has 0 aliphatic carbocycles. The fourth-order valence-corrected chi connectivity index (χ4v) is 1.90. The van der Waals surface area contributed by atoms with Crippen LogP contribution in [0.25, 0.3) is 11.4 Å². The summed E-state index contributed by atoms with van der Waals surface area (Å²) in [5.41, 5.74) is 2.25. The van der Waals surface area contributed by atoms with Crippen LogP contribution in [0, 0.1) is 0 Å². The first-order chi connectivity index (χ1) is 8.79. The van der Waals surface area contributed by atoms with Gasteiger partial charge in [0.05, 0.1) is 0 Å². The van der Waals surface area contributed by atoms with Gasteiger partial charge in [0.15, 0.2) is 0 Å². The molecule has 0 saturated carbocycles. The van der Waals surface area contributed by atoms with Crippen molar-refractivity contribution in [1.29, 1.82) is 0 Å². The molecule has 18 heavy (non-hydrogen) atoms. The first-order valence-corrected chi connectivity index (χ1v) is 6.38. The van der Waals surface area contributed by atoms with E-state index in [1.165, 1.54) is 24.8 Å². The molecule has 1 atom stereocenters. The van der Waals surface area contributed by atoms with Gasteiger partial charge in [-0.05, 0) is 18.9 Å². The van der Waals surface area contributed by atoms with E-state index in [9.17, 15) is 0 Å². The van der Waals surface area contributed by atoms with Gasteiger partial charge in [0, 0.05) is 18.2 Å². The third-order valence-electron chi connectivity index (χ3n) is 2.95. The SMILES string of the molecule is CCC[C@@H](C)NCc1ccc(-c2ncon2)cc1. The smallest absolute Gasteiger partial charge is 0.214 e. The zero-order valence-electron chi connectivity index (χ0n) is 10.9. The molecule has 0 amide bonds. The molecule has 0 spiro atoms. The topological polar surface area (TPSA) is 51.0 Å². The maximum Gasteiger partial charge on any atom is 0.214 e. The fraction of sp³-hybridized carbons (Fsp3) is 0.429. The molecule has 4 nitrogen and oxygen atoms in total. The number of nitrogens with zero attached hydrogens (tertiary/aromatic N) is 2. The first-order valence-electron chi connectivity index (χ1n) is 6.38. The normalized spacial score (nSPS) is 12.6. The van der Waals surface area contributed by atoms with E-state index in [2.05, 4.69) is 41.4 Å². The number of rotatable bonds is 6. The minimum Gasteiger partial charge on any atom is -0.342 e. The predicted octanol–water partition coefficient (Wildman–Crippen LogP) is 3.01. The molecule has 2 rings (SSSR count). The van der Waals surface area contributed by atoms with Crippen LogP contribution in [0.1, 0.15) is 32.3 Å². The Labute approximate surface area is 107 Å². The maximum absolute atomic E-state index is 4.73. The summed E-state index contributed by atoms with van der Waals surface area (Å²) < 4.78 is 4.73. The molecule has 0 bridgehead atoms. The summed E-state index contributed by atoms with van der Waals surface area (Å²) in [7, 11) is 0. The second-order valence-corrected chi connectivity index (χ2v) is 4.52. The van der Waals surface area contributed by atoms with E-state index in [4.69, 9.17) is 4.52 Å². The van der Waals surface area contributed by atoms with Crippen LogP contribution in [-0.2, 0) is 6.54 Å². The average molecular weight is 245 g/mol. The van der Waals surface area contributed by atoms with Crippen molar-refractivity contribution < 1.29 is 4.52 Å². The van der Waals surface area contributed by atoms with Crippen LogP contribution >= 0.6 is 0 Å². The monoisotopic (exact) mass is 245 g/mol. The molecule has 0 aliphatic heterocycles.